The Morgan fingerprint density at radius 3 is 1.65 bits per heavy atom. The predicted octanol–water partition coefficient (Wildman–Crippen LogP) is 3.75. The second kappa shape index (κ2) is 5.93. The summed E-state index contributed by atoms with van der Waals surface area (Å²) in [6, 6.07) is -1.63. The molecule has 0 heterocycles. The van der Waals surface area contributed by atoms with Crippen LogP contribution in [0, 0.1) is 11.8 Å². The molecule has 0 fully saturated rings. The molecule has 104 valence electrons. The lowest BCUT2D eigenvalue weighted by atomic mass is 9.89. The van der Waals surface area contributed by atoms with Crippen LogP contribution in [-0.2, 0) is 0 Å². The highest BCUT2D eigenvalue weighted by molar-refractivity contribution is 4.87. The monoisotopic (exact) mass is 265 g/mol. The van der Waals surface area contributed by atoms with Gasteiger partial charge in [-0.2, -0.15) is 26.3 Å². The third-order valence-corrected chi connectivity index (χ3v) is 2.83. The van der Waals surface area contributed by atoms with E-state index in [2.05, 4.69) is 5.32 Å². The molecule has 0 aromatic heterocycles. The SMILES string of the molecule is CCC(C)CC(NC)C(C(F)(F)F)C(F)(F)F. The molecule has 0 aliphatic rings. The van der Waals surface area contributed by atoms with E-state index in [0.717, 1.165) is 7.05 Å². The van der Waals surface area contributed by atoms with E-state index in [9.17, 15) is 26.3 Å². The predicted molar refractivity (Wildman–Crippen MR) is 52.5 cm³/mol. The first-order valence-corrected chi connectivity index (χ1v) is 5.34. The first kappa shape index (κ1) is 16.5. The molecule has 17 heavy (non-hydrogen) atoms. The molecule has 0 aliphatic carbocycles. The van der Waals surface area contributed by atoms with Gasteiger partial charge < -0.3 is 5.32 Å². The van der Waals surface area contributed by atoms with Crippen molar-refractivity contribution in [2.45, 2.75) is 45.1 Å². The van der Waals surface area contributed by atoms with Gasteiger partial charge in [0.15, 0.2) is 5.92 Å². The van der Waals surface area contributed by atoms with Gasteiger partial charge in [-0.1, -0.05) is 20.3 Å². The maximum absolute atomic E-state index is 12.4. The van der Waals surface area contributed by atoms with Crippen molar-refractivity contribution in [1.29, 1.82) is 0 Å². The third-order valence-electron chi connectivity index (χ3n) is 2.83. The summed E-state index contributed by atoms with van der Waals surface area (Å²) in [6.07, 6.45) is -10.2. The molecule has 0 spiro atoms. The molecule has 0 rings (SSSR count). The molecule has 1 nitrogen and oxygen atoms in total. The van der Waals surface area contributed by atoms with Crippen LogP contribution in [0.25, 0.3) is 0 Å². The van der Waals surface area contributed by atoms with Crippen molar-refractivity contribution in [1.82, 2.24) is 5.32 Å². The van der Waals surface area contributed by atoms with Crippen molar-refractivity contribution < 1.29 is 26.3 Å². The smallest absolute Gasteiger partial charge is 0.316 e. The average Bonchev–Trinajstić information content (AvgIpc) is 2.11. The van der Waals surface area contributed by atoms with Gasteiger partial charge in [-0.05, 0) is 19.4 Å². The summed E-state index contributed by atoms with van der Waals surface area (Å²) in [7, 11) is 1.12. The van der Waals surface area contributed by atoms with Gasteiger partial charge in [-0.3, -0.25) is 0 Å². The molecule has 2 unspecified atom stereocenters. The van der Waals surface area contributed by atoms with Crippen LogP contribution in [0.1, 0.15) is 26.7 Å². The summed E-state index contributed by atoms with van der Waals surface area (Å²) in [5, 5.41) is 2.14. The maximum atomic E-state index is 12.4. The zero-order chi connectivity index (χ0) is 13.9. The molecule has 0 saturated heterocycles. The Hall–Kier alpha value is -0.460. The minimum atomic E-state index is -5.28. The Morgan fingerprint density at radius 1 is 1.00 bits per heavy atom. The second-order valence-electron chi connectivity index (χ2n) is 4.21. The second-order valence-corrected chi connectivity index (χ2v) is 4.21. The van der Waals surface area contributed by atoms with E-state index >= 15 is 0 Å². The molecule has 0 radical (unpaired) electrons. The van der Waals surface area contributed by atoms with Crippen LogP contribution in [0.3, 0.4) is 0 Å². The average molecular weight is 265 g/mol. The zero-order valence-electron chi connectivity index (χ0n) is 9.91. The quantitative estimate of drug-likeness (QED) is 0.746. The van der Waals surface area contributed by atoms with Gasteiger partial charge >= 0.3 is 12.4 Å². The standard InChI is InChI=1S/C10H17F6N/c1-4-6(2)5-7(17-3)8(9(11,12)13)10(14,15)16/h6-8,17H,4-5H2,1-3H3. The van der Waals surface area contributed by atoms with E-state index in [1.54, 1.807) is 13.8 Å². The molecular formula is C10H17F6N. The molecule has 0 bridgehead atoms. The normalized spacial score (nSPS) is 17.3. The van der Waals surface area contributed by atoms with Crippen molar-refractivity contribution >= 4 is 0 Å². The highest BCUT2D eigenvalue weighted by atomic mass is 19.4. The lowest BCUT2D eigenvalue weighted by Crippen LogP contribution is -2.50. The van der Waals surface area contributed by atoms with Gasteiger partial charge in [-0.25, -0.2) is 0 Å². The van der Waals surface area contributed by atoms with E-state index in [4.69, 9.17) is 0 Å². The van der Waals surface area contributed by atoms with Crippen LogP contribution in [0.5, 0.6) is 0 Å². The van der Waals surface area contributed by atoms with Gasteiger partial charge in [0.05, 0.1) is 0 Å². The van der Waals surface area contributed by atoms with Crippen molar-refractivity contribution in [2.24, 2.45) is 11.8 Å². The highest BCUT2D eigenvalue weighted by Gasteiger charge is 2.59. The number of halogens is 6. The Labute approximate surface area is 96.6 Å². The minimum absolute atomic E-state index is 0.156. The van der Waals surface area contributed by atoms with Gasteiger partial charge in [-0.15, -0.1) is 0 Å². The van der Waals surface area contributed by atoms with Crippen molar-refractivity contribution in [3.05, 3.63) is 0 Å². The first-order chi connectivity index (χ1) is 7.54. The van der Waals surface area contributed by atoms with Crippen LogP contribution in [0.4, 0.5) is 26.3 Å². The largest absolute Gasteiger partial charge is 0.401 e. The number of nitrogens with one attached hydrogen (secondary N) is 1. The third kappa shape index (κ3) is 5.14. The molecule has 0 aromatic rings. The minimum Gasteiger partial charge on any atom is -0.316 e. The van der Waals surface area contributed by atoms with Gasteiger partial charge in [0.25, 0.3) is 0 Å². The van der Waals surface area contributed by atoms with Crippen molar-refractivity contribution in [3.63, 3.8) is 0 Å². The number of alkyl halides is 6. The number of hydrogen-bond acceptors (Lipinski definition) is 1. The first-order valence-electron chi connectivity index (χ1n) is 5.34. The summed E-state index contributed by atoms with van der Waals surface area (Å²) in [6.45, 7) is 3.36. The van der Waals surface area contributed by atoms with E-state index in [-0.39, 0.29) is 12.3 Å². The summed E-state index contributed by atoms with van der Waals surface area (Å²) in [5.74, 6) is -3.51. The van der Waals surface area contributed by atoms with E-state index in [1.807, 2.05) is 0 Å². The molecular weight excluding hydrogens is 248 g/mol. The Balaban J connectivity index is 5.01. The fourth-order valence-electron chi connectivity index (χ4n) is 1.66. The van der Waals surface area contributed by atoms with Crippen LogP contribution in [-0.4, -0.2) is 25.4 Å². The maximum Gasteiger partial charge on any atom is 0.401 e. The zero-order valence-corrected chi connectivity index (χ0v) is 9.91. The van der Waals surface area contributed by atoms with E-state index in [0.29, 0.717) is 6.42 Å². The number of hydrogen-bond donors (Lipinski definition) is 1. The van der Waals surface area contributed by atoms with Gasteiger partial charge in [0, 0.05) is 6.04 Å². The Morgan fingerprint density at radius 2 is 1.41 bits per heavy atom. The highest BCUT2D eigenvalue weighted by Crippen LogP contribution is 2.42. The van der Waals surface area contributed by atoms with Crippen molar-refractivity contribution in [3.8, 4) is 0 Å². The molecule has 1 N–H and O–H groups in total. The van der Waals surface area contributed by atoms with Crippen LogP contribution in [0.15, 0.2) is 0 Å². The van der Waals surface area contributed by atoms with Gasteiger partial charge in [0.2, 0.25) is 0 Å². The molecule has 0 aromatic carbocycles. The molecule has 0 aliphatic heterocycles. The van der Waals surface area contributed by atoms with Crippen LogP contribution >= 0.6 is 0 Å². The van der Waals surface area contributed by atoms with Crippen molar-refractivity contribution in [2.75, 3.05) is 7.05 Å². The number of rotatable bonds is 5. The molecule has 0 amide bonds. The fraction of sp³-hybridized carbons (Fsp3) is 1.00. The summed E-state index contributed by atoms with van der Waals surface area (Å²) in [5.41, 5.74) is 0. The Kier molecular flexibility index (Phi) is 5.77. The summed E-state index contributed by atoms with van der Waals surface area (Å²) >= 11 is 0. The lowest BCUT2D eigenvalue weighted by Gasteiger charge is -2.31. The van der Waals surface area contributed by atoms with Gasteiger partial charge in [0.1, 0.15) is 0 Å². The molecule has 7 heteroatoms. The molecule has 0 saturated carbocycles. The fourth-order valence-corrected chi connectivity index (χ4v) is 1.66. The lowest BCUT2D eigenvalue weighted by molar-refractivity contribution is -0.292. The van der Waals surface area contributed by atoms with Crippen LogP contribution < -0.4 is 5.32 Å². The van der Waals surface area contributed by atoms with E-state index < -0.39 is 24.3 Å². The Bertz CT molecular complexity index is 208. The summed E-state index contributed by atoms with van der Waals surface area (Å²) in [4.78, 5) is 0. The van der Waals surface area contributed by atoms with Crippen LogP contribution in [0.2, 0.25) is 0 Å². The summed E-state index contributed by atoms with van der Waals surface area (Å²) < 4.78 is 74.7. The topological polar surface area (TPSA) is 12.0 Å². The van der Waals surface area contributed by atoms with E-state index in [1.165, 1.54) is 0 Å². The molecule has 2 atom stereocenters.